The molecule has 0 bridgehead atoms. The van der Waals surface area contributed by atoms with E-state index in [-0.39, 0.29) is 5.75 Å². The number of anilines is 1. The Hall–Kier alpha value is -2.11. The fourth-order valence-electron chi connectivity index (χ4n) is 1.38. The summed E-state index contributed by atoms with van der Waals surface area (Å²) in [5.41, 5.74) is 1.37. The predicted octanol–water partition coefficient (Wildman–Crippen LogP) is 2.62. The summed E-state index contributed by atoms with van der Waals surface area (Å²) >= 11 is 0. The molecule has 90 valence electrons. The van der Waals surface area contributed by atoms with Gasteiger partial charge in [0.05, 0.1) is 24.3 Å². The van der Waals surface area contributed by atoms with Gasteiger partial charge in [-0.15, -0.1) is 0 Å². The first-order valence-corrected chi connectivity index (χ1v) is 5.00. The fraction of sp³-hybridized carbons (Fsp3) is 0.182. The van der Waals surface area contributed by atoms with Crippen LogP contribution in [0.25, 0.3) is 0 Å². The molecule has 2 N–H and O–H groups in total. The van der Waals surface area contributed by atoms with Crippen molar-refractivity contribution in [2.24, 2.45) is 0 Å². The third-order valence-corrected chi connectivity index (χ3v) is 2.13. The number of aromatic nitrogens is 2. The van der Waals surface area contributed by atoms with Crippen molar-refractivity contribution in [2.75, 3.05) is 5.32 Å². The van der Waals surface area contributed by atoms with Gasteiger partial charge in [-0.3, -0.25) is 0 Å². The molecule has 2 rings (SSSR count). The van der Waals surface area contributed by atoms with E-state index in [0.29, 0.717) is 12.2 Å². The molecule has 0 amide bonds. The van der Waals surface area contributed by atoms with Gasteiger partial charge in [-0.1, -0.05) is 12.1 Å². The molecule has 1 aromatic carbocycles. The third kappa shape index (κ3) is 3.17. The Balaban J connectivity index is 2.04. The van der Waals surface area contributed by atoms with Crippen LogP contribution in [-0.4, -0.2) is 16.6 Å². The molecular formula is C11H11F2N3O. The Morgan fingerprint density at radius 1 is 1.35 bits per heavy atom. The van der Waals surface area contributed by atoms with Crippen LogP contribution < -0.4 is 10.1 Å². The van der Waals surface area contributed by atoms with Gasteiger partial charge in [-0.2, -0.15) is 8.78 Å². The van der Waals surface area contributed by atoms with Gasteiger partial charge < -0.3 is 15.0 Å². The summed E-state index contributed by atoms with van der Waals surface area (Å²) in [6, 6.07) is 6.54. The van der Waals surface area contributed by atoms with Crippen molar-refractivity contribution in [3.8, 4) is 5.75 Å². The second kappa shape index (κ2) is 5.29. The number of aromatic amines is 1. The van der Waals surface area contributed by atoms with E-state index in [2.05, 4.69) is 20.0 Å². The number of hydrogen-bond donors (Lipinski definition) is 2. The molecule has 1 heterocycles. The maximum absolute atomic E-state index is 12.1. The number of ether oxygens (including phenoxy) is 1. The highest BCUT2D eigenvalue weighted by Gasteiger charge is 2.08. The minimum absolute atomic E-state index is 0.127. The lowest BCUT2D eigenvalue weighted by Gasteiger charge is -2.11. The maximum atomic E-state index is 12.1. The number of alkyl halides is 2. The SMILES string of the molecule is FC(F)Oc1ccccc1NCc1cnc[nH]1. The number of H-pyrrole nitrogens is 1. The van der Waals surface area contributed by atoms with Crippen molar-refractivity contribution in [2.45, 2.75) is 13.2 Å². The van der Waals surface area contributed by atoms with Gasteiger partial charge in [0.25, 0.3) is 0 Å². The lowest BCUT2D eigenvalue weighted by Crippen LogP contribution is -2.06. The first-order chi connectivity index (χ1) is 8.25. The minimum Gasteiger partial charge on any atom is -0.433 e. The summed E-state index contributed by atoms with van der Waals surface area (Å²) in [5.74, 6) is 0.127. The lowest BCUT2D eigenvalue weighted by molar-refractivity contribution is -0.0493. The number of benzene rings is 1. The Bertz CT molecular complexity index is 459. The van der Waals surface area contributed by atoms with Gasteiger partial charge in [0, 0.05) is 6.20 Å². The van der Waals surface area contributed by atoms with Crippen LogP contribution in [0.5, 0.6) is 5.75 Å². The molecule has 0 spiro atoms. The molecule has 0 aliphatic rings. The largest absolute Gasteiger partial charge is 0.433 e. The zero-order chi connectivity index (χ0) is 12.1. The van der Waals surface area contributed by atoms with Gasteiger partial charge in [0.15, 0.2) is 0 Å². The van der Waals surface area contributed by atoms with Crippen LogP contribution in [0, 0.1) is 0 Å². The van der Waals surface area contributed by atoms with Crippen molar-refractivity contribution in [1.82, 2.24) is 9.97 Å². The molecule has 0 radical (unpaired) electrons. The van der Waals surface area contributed by atoms with Gasteiger partial charge in [-0.05, 0) is 12.1 Å². The van der Waals surface area contributed by atoms with Gasteiger partial charge in [0.1, 0.15) is 5.75 Å². The number of para-hydroxylation sites is 2. The van der Waals surface area contributed by atoms with E-state index in [9.17, 15) is 8.78 Å². The van der Waals surface area contributed by atoms with E-state index >= 15 is 0 Å². The Kier molecular flexibility index (Phi) is 3.54. The fourth-order valence-corrected chi connectivity index (χ4v) is 1.38. The molecule has 0 saturated heterocycles. The summed E-state index contributed by atoms with van der Waals surface area (Å²) in [6.07, 6.45) is 3.21. The molecule has 0 saturated carbocycles. The Morgan fingerprint density at radius 3 is 2.88 bits per heavy atom. The van der Waals surface area contributed by atoms with E-state index in [1.165, 1.54) is 6.07 Å². The third-order valence-electron chi connectivity index (χ3n) is 2.13. The normalized spacial score (nSPS) is 10.5. The monoisotopic (exact) mass is 239 g/mol. The first-order valence-electron chi connectivity index (χ1n) is 5.00. The quantitative estimate of drug-likeness (QED) is 0.843. The number of nitrogens with zero attached hydrogens (tertiary/aromatic N) is 1. The van der Waals surface area contributed by atoms with Crippen LogP contribution in [0.15, 0.2) is 36.8 Å². The standard InChI is InChI=1S/C11H11F2N3O/c12-11(13)17-10-4-2-1-3-9(10)15-6-8-5-14-7-16-8/h1-5,7,11,15H,6H2,(H,14,16). The van der Waals surface area contributed by atoms with Crippen LogP contribution in [0.3, 0.4) is 0 Å². The molecule has 0 atom stereocenters. The van der Waals surface area contributed by atoms with Crippen molar-refractivity contribution in [1.29, 1.82) is 0 Å². The number of rotatable bonds is 5. The summed E-state index contributed by atoms with van der Waals surface area (Å²) < 4.78 is 28.7. The van der Waals surface area contributed by atoms with Gasteiger partial charge >= 0.3 is 6.61 Å². The van der Waals surface area contributed by atoms with Crippen LogP contribution in [-0.2, 0) is 6.54 Å². The van der Waals surface area contributed by atoms with Crippen molar-refractivity contribution in [3.05, 3.63) is 42.5 Å². The van der Waals surface area contributed by atoms with Crippen LogP contribution in [0.2, 0.25) is 0 Å². The van der Waals surface area contributed by atoms with Gasteiger partial charge in [-0.25, -0.2) is 4.98 Å². The molecule has 4 nitrogen and oxygen atoms in total. The topological polar surface area (TPSA) is 49.9 Å². The Morgan fingerprint density at radius 2 is 2.18 bits per heavy atom. The first kappa shape index (κ1) is 11.4. The molecular weight excluding hydrogens is 228 g/mol. The van der Waals surface area contributed by atoms with Crippen LogP contribution in [0.1, 0.15) is 5.69 Å². The molecule has 17 heavy (non-hydrogen) atoms. The minimum atomic E-state index is -2.83. The van der Waals surface area contributed by atoms with E-state index in [1.807, 2.05) is 0 Å². The summed E-state index contributed by atoms with van der Waals surface area (Å²) in [4.78, 5) is 6.76. The zero-order valence-electron chi connectivity index (χ0n) is 8.86. The van der Waals surface area contributed by atoms with E-state index in [0.717, 1.165) is 5.69 Å². The second-order valence-corrected chi connectivity index (χ2v) is 3.31. The molecule has 1 aromatic heterocycles. The van der Waals surface area contributed by atoms with Crippen molar-refractivity contribution in [3.63, 3.8) is 0 Å². The summed E-state index contributed by atoms with van der Waals surface area (Å²) in [6.45, 7) is -2.37. The number of nitrogens with one attached hydrogen (secondary N) is 2. The maximum Gasteiger partial charge on any atom is 0.387 e. The van der Waals surface area contributed by atoms with Crippen LogP contribution >= 0.6 is 0 Å². The summed E-state index contributed by atoms with van der Waals surface area (Å²) in [5, 5.41) is 2.99. The molecule has 0 fully saturated rings. The van der Waals surface area contributed by atoms with Crippen molar-refractivity contribution < 1.29 is 13.5 Å². The molecule has 2 aromatic rings. The zero-order valence-corrected chi connectivity index (χ0v) is 8.86. The van der Waals surface area contributed by atoms with E-state index in [4.69, 9.17) is 0 Å². The molecule has 0 aliphatic heterocycles. The highest BCUT2D eigenvalue weighted by atomic mass is 19.3. The molecule has 0 unspecified atom stereocenters. The van der Waals surface area contributed by atoms with E-state index in [1.54, 1.807) is 30.7 Å². The van der Waals surface area contributed by atoms with Crippen LogP contribution in [0.4, 0.5) is 14.5 Å². The second-order valence-electron chi connectivity index (χ2n) is 3.31. The predicted molar refractivity (Wildman–Crippen MR) is 59.0 cm³/mol. The lowest BCUT2D eigenvalue weighted by atomic mass is 10.3. The number of hydrogen-bond acceptors (Lipinski definition) is 3. The average Bonchev–Trinajstić information content (AvgIpc) is 2.80. The number of imidazole rings is 1. The van der Waals surface area contributed by atoms with Gasteiger partial charge in [0.2, 0.25) is 0 Å². The average molecular weight is 239 g/mol. The molecule has 6 heteroatoms. The Labute approximate surface area is 96.6 Å². The highest BCUT2D eigenvalue weighted by Crippen LogP contribution is 2.25. The molecule has 0 aliphatic carbocycles. The number of halogens is 2. The van der Waals surface area contributed by atoms with E-state index < -0.39 is 6.61 Å². The highest BCUT2D eigenvalue weighted by molar-refractivity contribution is 5.56. The van der Waals surface area contributed by atoms with Crippen molar-refractivity contribution >= 4 is 5.69 Å². The smallest absolute Gasteiger partial charge is 0.387 e. The summed E-state index contributed by atoms with van der Waals surface area (Å²) in [7, 11) is 0.